The van der Waals surface area contributed by atoms with E-state index in [0.717, 1.165) is 24.5 Å². The number of rotatable bonds is 5. The number of likely N-dealkylation sites (N-methyl/N-ethyl adjacent to an activating group) is 2. The average molecular weight is 346 g/mol. The van der Waals surface area contributed by atoms with Crippen molar-refractivity contribution in [2.75, 3.05) is 57.8 Å². The minimum absolute atomic E-state index is 0.0114. The van der Waals surface area contributed by atoms with Gasteiger partial charge in [-0.15, -0.1) is 0 Å². The fourth-order valence-electron chi connectivity index (χ4n) is 3.37. The normalized spacial score (nSPS) is 20.1. The third-order valence-corrected chi connectivity index (χ3v) is 4.62. The summed E-state index contributed by atoms with van der Waals surface area (Å²) in [6.07, 6.45) is 0.0114. The highest BCUT2D eigenvalue weighted by Crippen LogP contribution is 2.32. The lowest BCUT2D eigenvalue weighted by atomic mass is 10.2. The summed E-state index contributed by atoms with van der Waals surface area (Å²) in [4.78, 5) is 29.7. The van der Waals surface area contributed by atoms with Gasteiger partial charge in [0.2, 0.25) is 11.8 Å². The predicted molar refractivity (Wildman–Crippen MR) is 95.8 cm³/mol. The summed E-state index contributed by atoms with van der Waals surface area (Å²) >= 11 is 0. The lowest BCUT2D eigenvalue weighted by Crippen LogP contribution is -2.53. The molecule has 25 heavy (non-hydrogen) atoms. The molecule has 7 heteroatoms. The molecule has 0 aliphatic carbocycles. The number of ether oxygens (including phenoxy) is 1. The lowest BCUT2D eigenvalue weighted by Gasteiger charge is -2.37. The third kappa shape index (κ3) is 4.22. The van der Waals surface area contributed by atoms with Crippen LogP contribution in [-0.2, 0) is 9.59 Å². The average Bonchev–Trinajstić information content (AvgIpc) is 2.60. The Morgan fingerprint density at radius 1 is 1.40 bits per heavy atom. The molecule has 0 aromatic heterocycles. The number of hydrogen-bond donors (Lipinski definition) is 1. The molecule has 7 nitrogen and oxygen atoms in total. The van der Waals surface area contributed by atoms with E-state index in [-0.39, 0.29) is 24.5 Å². The van der Waals surface area contributed by atoms with Gasteiger partial charge < -0.3 is 19.9 Å². The summed E-state index contributed by atoms with van der Waals surface area (Å²) in [6, 6.07) is 8.06. The minimum atomic E-state index is -0.0898. The summed E-state index contributed by atoms with van der Waals surface area (Å²) in [7, 11) is 1.92. The first-order valence-corrected chi connectivity index (χ1v) is 8.80. The van der Waals surface area contributed by atoms with Gasteiger partial charge in [-0.1, -0.05) is 12.1 Å². The van der Waals surface area contributed by atoms with Crippen molar-refractivity contribution in [2.24, 2.45) is 0 Å². The van der Waals surface area contributed by atoms with Crippen molar-refractivity contribution in [1.29, 1.82) is 0 Å². The Kier molecular flexibility index (Phi) is 5.43. The SMILES string of the molecule is CCN1C[C@@H](CN(C)CC(=O)N2CCNC(=O)C2)Oc2ccccc21. The Balaban J connectivity index is 1.55. The molecule has 1 aromatic carbocycles. The van der Waals surface area contributed by atoms with Crippen molar-refractivity contribution in [3.8, 4) is 5.75 Å². The van der Waals surface area contributed by atoms with Crippen LogP contribution in [0.25, 0.3) is 0 Å². The maximum atomic E-state index is 12.4. The van der Waals surface area contributed by atoms with E-state index in [2.05, 4.69) is 23.2 Å². The van der Waals surface area contributed by atoms with Gasteiger partial charge in [-0.3, -0.25) is 14.5 Å². The van der Waals surface area contributed by atoms with Gasteiger partial charge in [-0.05, 0) is 26.1 Å². The van der Waals surface area contributed by atoms with Crippen molar-refractivity contribution < 1.29 is 14.3 Å². The largest absolute Gasteiger partial charge is 0.485 e. The minimum Gasteiger partial charge on any atom is -0.485 e. The molecule has 0 spiro atoms. The topological polar surface area (TPSA) is 65.1 Å². The van der Waals surface area contributed by atoms with Gasteiger partial charge in [0.15, 0.2) is 0 Å². The number of carbonyl (C=O) groups excluding carboxylic acids is 2. The van der Waals surface area contributed by atoms with Crippen molar-refractivity contribution in [2.45, 2.75) is 13.0 Å². The number of nitrogens with one attached hydrogen (secondary N) is 1. The second-order valence-corrected chi connectivity index (χ2v) is 6.61. The lowest BCUT2D eigenvalue weighted by molar-refractivity contribution is -0.139. The molecule has 0 saturated carbocycles. The molecule has 0 radical (unpaired) electrons. The van der Waals surface area contributed by atoms with Gasteiger partial charge in [0, 0.05) is 26.2 Å². The monoisotopic (exact) mass is 346 g/mol. The fourth-order valence-corrected chi connectivity index (χ4v) is 3.37. The van der Waals surface area contributed by atoms with Crippen LogP contribution < -0.4 is 15.0 Å². The van der Waals surface area contributed by atoms with Gasteiger partial charge in [0.05, 0.1) is 25.3 Å². The molecule has 136 valence electrons. The molecule has 2 amide bonds. The number of benzene rings is 1. The Bertz CT molecular complexity index is 637. The first-order chi connectivity index (χ1) is 12.1. The molecular formula is C18H26N4O3. The van der Waals surface area contributed by atoms with Gasteiger partial charge in [-0.25, -0.2) is 0 Å². The molecule has 1 aromatic rings. The fraction of sp³-hybridized carbons (Fsp3) is 0.556. The quantitative estimate of drug-likeness (QED) is 0.823. The van der Waals surface area contributed by atoms with Crippen molar-refractivity contribution in [3.05, 3.63) is 24.3 Å². The zero-order valence-electron chi connectivity index (χ0n) is 14.9. The highest BCUT2D eigenvalue weighted by molar-refractivity contribution is 5.86. The van der Waals surface area contributed by atoms with Crippen molar-refractivity contribution in [3.63, 3.8) is 0 Å². The van der Waals surface area contributed by atoms with E-state index in [4.69, 9.17) is 4.74 Å². The number of fused-ring (bicyclic) bond motifs is 1. The number of amides is 2. The van der Waals surface area contributed by atoms with E-state index >= 15 is 0 Å². The molecule has 3 rings (SSSR count). The molecule has 1 fully saturated rings. The molecule has 0 unspecified atom stereocenters. The van der Waals surface area contributed by atoms with Gasteiger partial charge in [-0.2, -0.15) is 0 Å². The van der Waals surface area contributed by atoms with Crippen LogP contribution >= 0.6 is 0 Å². The van der Waals surface area contributed by atoms with E-state index in [1.54, 1.807) is 4.90 Å². The summed E-state index contributed by atoms with van der Waals surface area (Å²) in [5.41, 5.74) is 1.12. The summed E-state index contributed by atoms with van der Waals surface area (Å²) < 4.78 is 6.11. The first kappa shape index (κ1) is 17.5. The van der Waals surface area contributed by atoms with Crippen LogP contribution in [-0.4, -0.2) is 80.6 Å². The molecule has 2 aliphatic rings. The Hall–Kier alpha value is -2.28. The predicted octanol–water partition coefficient (Wildman–Crippen LogP) is 0.164. The number of piperazine rings is 1. The number of hydrogen-bond acceptors (Lipinski definition) is 5. The molecule has 1 atom stereocenters. The van der Waals surface area contributed by atoms with Crippen LogP contribution in [0.2, 0.25) is 0 Å². The molecule has 2 heterocycles. The highest BCUT2D eigenvalue weighted by atomic mass is 16.5. The van der Waals surface area contributed by atoms with E-state index < -0.39 is 0 Å². The molecule has 0 bridgehead atoms. The number of nitrogens with zero attached hydrogens (tertiary/aromatic N) is 3. The van der Waals surface area contributed by atoms with Gasteiger partial charge in [0.25, 0.3) is 0 Å². The Labute approximate surface area is 148 Å². The second kappa shape index (κ2) is 7.74. The third-order valence-electron chi connectivity index (χ3n) is 4.62. The van der Waals surface area contributed by atoms with E-state index in [1.165, 1.54) is 0 Å². The molecule has 2 aliphatic heterocycles. The highest BCUT2D eigenvalue weighted by Gasteiger charge is 2.27. The molecule has 1 saturated heterocycles. The van der Waals surface area contributed by atoms with Crippen LogP contribution in [0.15, 0.2) is 24.3 Å². The maximum absolute atomic E-state index is 12.4. The van der Waals surface area contributed by atoms with Crippen LogP contribution in [0.4, 0.5) is 5.69 Å². The van der Waals surface area contributed by atoms with Crippen molar-refractivity contribution in [1.82, 2.24) is 15.1 Å². The summed E-state index contributed by atoms with van der Waals surface area (Å²) in [5, 5.41) is 2.73. The van der Waals surface area contributed by atoms with Crippen LogP contribution in [0.5, 0.6) is 5.75 Å². The van der Waals surface area contributed by atoms with Crippen LogP contribution in [0, 0.1) is 0 Å². The van der Waals surface area contributed by atoms with Gasteiger partial charge in [0.1, 0.15) is 11.9 Å². The summed E-state index contributed by atoms with van der Waals surface area (Å²) in [5.74, 6) is 0.794. The number of para-hydroxylation sites is 2. The van der Waals surface area contributed by atoms with E-state index in [1.807, 2.05) is 30.1 Å². The maximum Gasteiger partial charge on any atom is 0.239 e. The molecule has 1 N–H and O–H groups in total. The number of carbonyl (C=O) groups is 2. The van der Waals surface area contributed by atoms with Crippen molar-refractivity contribution >= 4 is 17.5 Å². The van der Waals surface area contributed by atoms with E-state index in [0.29, 0.717) is 26.2 Å². The Morgan fingerprint density at radius 3 is 2.96 bits per heavy atom. The number of anilines is 1. The zero-order valence-corrected chi connectivity index (χ0v) is 14.9. The smallest absolute Gasteiger partial charge is 0.239 e. The van der Waals surface area contributed by atoms with E-state index in [9.17, 15) is 9.59 Å². The van der Waals surface area contributed by atoms with Crippen LogP contribution in [0.1, 0.15) is 6.92 Å². The Morgan fingerprint density at radius 2 is 2.20 bits per heavy atom. The standard InChI is InChI=1S/C18H26N4O3/c1-3-21-11-14(25-16-7-5-4-6-15(16)21)10-20(2)13-18(24)22-9-8-19-17(23)12-22/h4-7,14H,3,8-13H2,1-2H3,(H,19,23)/t14-/m1/s1. The molecular weight excluding hydrogens is 320 g/mol. The van der Waals surface area contributed by atoms with Gasteiger partial charge >= 0.3 is 0 Å². The first-order valence-electron chi connectivity index (χ1n) is 8.80. The van der Waals surface area contributed by atoms with Crippen LogP contribution in [0.3, 0.4) is 0 Å². The summed E-state index contributed by atoms with van der Waals surface area (Å²) in [6.45, 7) is 6.08. The zero-order chi connectivity index (χ0) is 17.8. The second-order valence-electron chi connectivity index (χ2n) is 6.61.